The monoisotopic (exact) mass is 308 g/mol. The Bertz CT molecular complexity index is 793. The van der Waals surface area contributed by atoms with Crippen LogP contribution in [0.2, 0.25) is 0 Å². The number of hydrogen-bond acceptors (Lipinski definition) is 4. The number of nitriles is 1. The molecule has 2 aromatic rings. The molecule has 0 unspecified atom stereocenters. The first-order chi connectivity index (χ1) is 9.95. The molecule has 8 heteroatoms. The summed E-state index contributed by atoms with van der Waals surface area (Å²) >= 11 is 0. The van der Waals surface area contributed by atoms with Gasteiger partial charge in [-0.2, -0.15) is 10.4 Å². The van der Waals surface area contributed by atoms with Crippen molar-refractivity contribution < 1.29 is 12.8 Å². The maximum atomic E-state index is 13.5. The maximum absolute atomic E-state index is 13.5. The van der Waals surface area contributed by atoms with Crippen molar-refractivity contribution in [1.82, 2.24) is 14.5 Å². The highest BCUT2D eigenvalue weighted by atomic mass is 32.2. The molecular weight excluding hydrogens is 295 g/mol. The van der Waals surface area contributed by atoms with Crippen molar-refractivity contribution in [2.75, 3.05) is 6.54 Å². The molecule has 1 aromatic carbocycles. The van der Waals surface area contributed by atoms with Gasteiger partial charge in [-0.1, -0.05) is 6.07 Å². The molecule has 1 heterocycles. The lowest BCUT2D eigenvalue weighted by molar-refractivity contribution is 0.575. The van der Waals surface area contributed by atoms with Gasteiger partial charge in [0.05, 0.1) is 0 Å². The second-order valence-electron chi connectivity index (χ2n) is 4.32. The van der Waals surface area contributed by atoms with Crippen LogP contribution >= 0.6 is 0 Å². The van der Waals surface area contributed by atoms with Gasteiger partial charge >= 0.3 is 0 Å². The van der Waals surface area contributed by atoms with E-state index in [1.54, 1.807) is 30.1 Å². The minimum Gasteiger partial charge on any atom is -0.273 e. The molecule has 0 saturated carbocycles. The van der Waals surface area contributed by atoms with Crippen LogP contribution in [0.25, 0.3) is 0 Å². The third-order valence-corrected chi connectivity index (χ3v) is 4.48. The van der Waals surface area contributed by atoms with E-state index in [9.17, 15) is 12.8 Å². The van der Waals surface area contributed by atoms with E-state index in [4.69, 9.17) is 5.26 Å². The van der Waals surface area contributed by atoms with Crippen molar-refractivity contribution in [1.29, 1.82) is 5.26 Å². The normalized spacial score (nSPS) is 11.3. The summed E-state index contributed by atoms with van der Waals surface area (Å²) in [6.07, 6.45) is 2.05. The van der Waals surface area contributed by atoms with Crippen LogP contribution in [0.4, 0.5) is 4.39 Å². The first-order valence-corrected chi connectivity index (χ1v) is 7.59. The van der Waals surface area contributed by atoms with Crippen molar-refractivity contribution >= 4 is 10.0 Å². The predicted octanol–water partition coefficient (Wildman–Crippen LogP) is 0.952. The zero-order valence-corrected chi connectivity index (χ0v) is 12.1. The van der Waals surface area contributed by atoms with Gasteiger partial charge in [-0.3, -0.25) is 4.68 Å². The predicted molar refractivity (Wildman–Crippen MR) is 73.2 cm³/mol. The molecule has 0 fully saturated rings. The summed E-state index contributed by atoms with van der Waals surface area (Å²) in [5.41, 5.74) is 0.378. The molecule has 0 spiro atoms. The van der Waals surface area contributed by atoms with Crippen molar-refractivity contribution in [2.45, 2.75) is 11.3 Å². The molecule has 0 atom stereocenters. The van der Waals surface area contributed by atoms with Crippen molar-refractivity contribution in [2.24, 2.45) is 7.05 Å². The average Bonchev–Trinajstić information content (AvgIpc) is 2.84. The SMILES string of the molecule is Cn1nccc1CCNS(=O)(=O)c1cccc(F)c1C#N. The molecule has 0 aliphatic carbocycles. The maximum Gasteiger partial charge on any atom is 0.242 e. The Morgan fingerprint density at radius 3 is 2.81 bits per heavy atom. The van der Waals surface area contributed by atoms with Crippen LogP contribution in [0.3, 0.4) is 0 Å². The van der Waals surface area contributed by atoms with Crippen molar-refractivity contribution in [3.05, 3.63) is 47.5 Å². The topological polar surface area (TPSA) is 87.8 Å². The number of benzene rings is 1. The van der Waals surface area contributed by atoms with Crippen LogP contribution < -0.4 is 4.72 Å². The summed E-state index contributed by atoms with van der Waals surface area (Å²) < 4.78 is 41.7. The summed E-state index contributed by atoms with van der Waals surface area (Å²) in [6.45, 7) is 0.128. The highest BCUT2D eigenvalue weighted by Crippen LogP contribution is 2.17. The van der Waals surface area contributed by atoms with Crippen LogP contribution in [0, 0.1) is 17.1 Å². The van der Waals surface area contributed by atoms with E-state index in [0.717, 1.165) is 11.8 Å². The first-order valence-electron chi connectivity index (χ1n) is 6.11. The lowest BCUT2D eigenvalue weighted by Gasteiger charge is -2.08. The van der Waals surface area contributed by atoms with Gasteiger partial charge in [-0.05, 0) is 18.2 Å². The second kappa shape index (κ2) is 6.03. The molecule has 0 bridgehead atoms. The van der Waals surface area contributed by atoms with Crippen LogP contribution in [0.1, 0.15) is 11.3 Å². The standard InChI is InChI=1S/C13H13FN4O2S/c1-18-10(5-7-16-18)6-8-17-21(19,20)13-4-2-3-12(14)11(13)9-15/h2-5,7,17H,6,8H2,1H3. The lowest BCUT2D eigenvalue weighted by atomic mass is 10.2. The Balaban J connectivity index is 2.15. The average molecular weight is 308 g/mol. The highest BCUT2D eigenvalue weighted by molar-refractivity contribution is 7.89. The fourth-order valence-corrected chi connectivity index (χ4v) is 3.07. The second-order valence-corrected chi connectivity index (χ2v) is 6.05. The Morgan fingerprint density at radius 2 is 2.19 bits per heavy atom. The summed E-state index contributed by atoms with van der Waals surface area (Å²) in [4.78, 5) is -0.352. The minimum atomic E-state index is -3.93. The Hall–Kier alpha value is -2.24. The minimum absolute atomic E-state index is 0.128. The number of sulfonamides is 1. The van der Waals surface area contributed by atoms with Gasteiger partial charge in [-0.25, -0.2) is 17.5 Å². The lowest BCUT2D eigenvalue weighted by Crippen LogP contribution is -2.27. The Morgan fingerprint density at radius 1 is 1.43 bits per heavy atom. The molecule has 0 saturated heterocycles. The van der Waals surface area contributed by atoms with E-state index < -0.39 is 21.4 Å². The summed E-state index contributed by atoms with van der Waals surface area (Å²) in [6, 6.07) is 6.86. The molecule has 0 amide bonds. The van der Waals surface area contributed by atoms with E-state index in [0.29, 0.717) is 6.42 Å². The van der Waals surface area contributed by atoms with E-state index in [2.05, 4.69) is 9.82 Å². The van der Waals surface area contributed by atoms with E-state index in [1.165, 1.54) is 12.1 Å². The number of hydrogen-bond donors (Lipinski definition) is 1. The number of nitrogens with one attached hydrogen (secondary N) is 1. The summed E-state index contributed by atoms with van der Waals surface area (Å²) in [7, 11) is -2.18. The van der Waals surface area contributed by atoms with Gasteiger partial charge in [0.1, 0.15) is 22.3 Å². The largest absolute Gasteiger partial charge is 0.273 e. The van der Waals surface area contributed by atoms with Gasteiger partial charge in [0, 0.05) is 31.9 Å². The summed E-state index contributed by atoms with van der Waals surface area (Å²) in [5, 5.41) is 12.9. The zero-order chi connectivity index (χ0) is 15.5. The number of aryl methyl sites for hydroxylation is 1. The third-order valence-electron chi connectivity index (χ3n) is 2.97. The molecule has 0 aliphatic rings. The first kappa shape index (κ1) is 15.2. The molecule has 110 valence electrons. The van der Waals surface area contributed by atoms with Gasteiger partial charge in [0.25, 0.3) is 0 Å². The van der Waals surface area contributed by atoms with Gasteiger partial charge < -0.3 is 0 Å². The molecular formula is C13H13FN4O2S. The van der Waals surface area contributed by atoms with Gasteiger partial charge in [-0.15, -0.1) is 0 Å². The Kier molecular flexibility index (Phi) is 4.35. The smallest absolute Gasteiger partial charge is 0.242 e. The zero-order valence-electron chi connectivity index (χ0n) is 11.2. The number of halogens is 1. The van der Waals surface area contributed by atoms with E-state index >= 15 is 0 Å². The van der Waals surface area contributed by atoms with Gasteiger partial charge in [0.15, 0.2) is 0 Å². The number of aromatic nitrogens is 2. The van der Waals surface area contributed by atoms with Crippen LogP contribution in [0.5, 0.6) is 0 Å². The molecule has 0 aliphatic heterocycles. The highest BCUT2D eigenvalue weighted by Gasteiger charge is 2.20. The molecule has 0 radical (unpaired) electrons. The number of nitrogens with zero attached hydrogens (tertiary/aromatic N) is 3. The fraction of sp³-hybridized carbons (Fsp3) is 0.231. The van der Waals surface area contributed by atoms with Crippen molar-refractivity contribution in [3.63, 3.8) is 0 Å². The van der Waals surface area contributed by atoms with Crippen molar-refractivity contribution in [3.8, 4) is 6.07 Å². The molecule has 21 heavy (non-hydrogen) atoms. The third kappa shape index (κ3) is 3.26. The van der Waals surface area contributed by atoms with Crippen LogP contribution in [-0.2, 0) is 23.5 Å². The van der Waals surface area contributed by atoms with Gasteiger partial charge in [0.2, 0.25) is 10.0 Å². The molecule has 1 N–H and O–H groups in total. The van der Waals surface area contributed by atoms with Crippen LogP contribution in [0.15, 0.2) is 35.4 Å². The Labute approximate surface area is 121 Å². The fourth-order valence-electron chi connectivity index (χ4n) is 1.87. The number of rotatable bonds is 5. The quantitative estimate of drug-likeness (QED) is 0.891. The van der Waals surface area contributed by atoms with Crippen LogP contribution in [-0.4, -0.2) is 24.7 Å². The summed E-state index contributed by atoms with van der Waals surface area (Å²) in [5.74, 6) is -0.855. The molecule has 1 aromatic heterocycles. The van der Waals surface area contributed by atoms with E-state index in [-0.39, 0.29) is 11.4 Å². The van der Waals surface area contributed by atoms with E-state index in [1.807, 2.05) is 0 Å². The molecule has 2 rings (SSSR count). The molecule has 6 nitrogen and oxygen atoms in total.